The molecule has 3 aromatic rings. The first kappa shape index (κ1) is 20.0. The van der Waals surface area contributed by atoms with Crippen LogP contribution < -0.4 is 10.6 Å². The van der Waals surface area contributed by atoms with Gasteiger partial charge in [-0.1, -0.05) is 42.5 Å². The van der Waals surface area contributed by atoms with Crippen LogP contribution in [0, 0.1) is 6.92 Å². The molecule has 1 aliphatic rings. The summed E-state index contributed by atoms with van der Waals surface area (Å²) >= 11 is 0. The van der Waals surface area contributed by atoms with E-state index < -0.39 is 0 Å². The van der Waals surface area contributed by atoms with Crippen LogP contribution in [0.3, 0.4) is 0 Å². The fourth-order valence-electron chi connectivity index (χ4n) is 3.85. The highest BCUT2D eigenvalue weighted by molar-refractivity contribution is 5.85. The molecule has 1 amide bonds. The van der Waals surface area contributed by atoms with E-state index in [0.717, 1.165) is 41.8 Å². The molecular formula is C24H28N4O2. The molecule has 6 nitrogen and oxygen atoms in total. The molecule has 0 saturated heterocycles. The van der Waals surface area contributed by atoms with Gasteiger partial charge in [0.25, 0.3) is 0 Å². The second-order valence-electron chi connectivity index (χ2n) is 7.53. The predicted octanol–water partition coefficient (Wildman–Crippen LogP) is 3.38. The number of benzene rings is 2. The number of hydrogen-bond donors (Lipinski definition) is 2. The Kier molecular flexibility index (Phi) is 6.02. The van der Waals surface area contributed by atoms with Crippen molar-refractivity contribution in [2.24, 2.45) is 4.99 Å². The molecule has 1 aromatic heterocycles. The zero-order chi connectivity index (χ0) is 20.9. The second kappa shape index (κ2) is 9.03. The Labute approximate surface area is 177 Å². The fourth-order valence-corrected chi connectivity index (χ4v) is 3.85. The molecule has 0 bridgehead atoms. The molecule has 30 heavy (non-hydrogen) atoms. The zero-order valence-electron chi connectivity index (χ0n) is 17.6. The summed E-state index contributed by atoms with van der Waals surface area (Å²) < 4.78 is 5.96. The number of hydrogen-bond acceptors (Lipinski definition) is 3. The van der Waals surface area contributed by atoms with Crippen LogP contribution in [0.25, 0.3) is 11.0 Å². The normalized spacial score (nSPS) is 13.9. The van der Waals surface area contributed by atoms with E-state index in [1.807, 2.05) is 36.1 Å². The van der Waals surface area contributed by atoms with Crippen molar-refractivity contribution in [3.8, 4) is 0 Å². The number of furan rings is 1. The maximum atomic E-state index is 12.7. The number of carbonyl (C=O) groups excluding carboxylic acids is 1. The predicted molar refractivity (Wildman–Crippen MR) is 119 cm³/mol. The summed E-state index contributed by atoms with van der Waals surface area (Å²) in [7, 11) is 0. The van der Waals surface area contributed by atoms with Crippen molar-refractivity contribution in [1.82, 2.24) is 15.5 Å². The maximum Gasteiger partial charge on any atom is 0.244 e. The van der Waals surface area contributed by atoms with E-state index in [9.17, 15) is 4.79 Å². The minimum absolute atomic E-state index is 0.0432. The van der Waals surface area contributed by atoms with Gasteiger partial charge in [-0.25, -0.2) is 4.99 Å². The van der Waals surface area contributed by atoms with Gasteiger partial charge in [-0.05, 0) is 37.5 Å². The third-order valence-corrected chi connectivity index (χ3v) is 5.56. The Hall–Kier alpha value is -3.28. The number of para-hydroxylation sites is 1. The average Bonchev–Trinajstić information content (AvgIpc) is 3.11. The van der Waals surface area contributed by atoms with E-state index in [4.69, 9.17) is 4.42 Å². The third-order valence-electron chi connectivity index (χ3n) is 5.56. The van der Waals surface area contributed by atoms with Gasteiger partial charge in [-0.15, -0.1) is 0 Å². The molecule has 0 spiro atoms. The summed E-state index contributed by atoms with van der Waals surface area (Å²) in [6, 6.07) is 16.3. The number of carbonyl (C=O) groups is 1. The highest BCUT2D eigenvalue weighted by Crippen LogP contribution is 2.24. The van der Waals surface area contributed by atoms with Crippen molar-refractivity contribution in [2.75, 3.05) is 19.6 Å². The van der Waals surface area contributed by atoms with Gasteiger partial charge in [0.15, 0.2) is 5.96 Å². The van der Waals surface area contributed by atoms with Gasteiger partial charge in [0.2, 0.25) is 5.91 Å². The molecule has 0 unspecified atom stereocenters. The highest BCUT2D eigenvalue weighted by Gasteiger charge is 2.20. The lowest BCUT2D eigenvalue weighted by Gasteiger charge is -2.28. The van der Waals surface area contributed by atoms with Crippen molar-refractivity contribution < 1.29 is 9.21 Å². The smallest absolute Gasteiger partial charge is 0.244 e. The van der Waals surface area contributed by atoms with Crippen LogP contribution in [0.2, 0.25) is 0 Å². The van der Waals surface area contributed by atoms with Gasteiger partial charge in [0.05, 0.1) is 6.54 Å². The number of guanidine groups is 1. The maximum absolute atomic E-state index is 12.7. The van der Waals surface area contributed by atoms with Crippen molar-refractivity contribution in [3.05, 3.63) is 71.0 Å². The van der Waals surface area contributed by atoms with Crippen LogP contribution in [0.4, 0.5) is 0 Å². The molecule has 156 valence electrons. The van der Waals surface area contributed by atoms with Crippen molar-refractivity contribution in [2.45, 2.75) is 33.4 Å². The zero-order valence-corrected chi connectivity index (χ0v) is 17.6. The highest BCUT2D eigenvalue weighted by atomic mass is 16.3. The SMILES string of the molecule is CCNC(=NCC(=O)N1CCc2ccccc2C1)NCc1oc2ccccc2c1C. The van der Waals surface area contributed by atoms with Crippen LogP contribution in [0.1, 0.15) is 29.4 Å². The van der Waals surface area contributed by atoms with E-state index in [1.165, 1.54) is 11.1 Å². The number of nitrogens with one attached hydrogen (secondary N) is 2. The Morgan fingerprint density at radius 3 is 2.67 bits per heavy atom. The van der Waals surface area contributed by atoms with Crippen LogP contribution in [-0.2, 0) is 24.3 Å². The lowest BCUT2D eigenvalue weighted by Crippen LogP contribution is -2.40. The minimum atomic E-state index is 0.0432. The Morgan fingerprint density at radius 1 is 1.10 bits per heavy atom. The number of amides is 1. The molecule has 0 aliphatic carbocycles. The van der Waals surface area contributed by atoms with E-state index in [-0.39, 0.29) is 12.5 Å². The number of fused-ring (bicyclic) bond motifs is 2. The second-order valence-corrected chi connectivity index (χ2v) is 7.53. The number of aryl methyl sites for hydroxylation is 1. The van der Waals surface area contributed by atoms with E-state index >= 15 is 0 Å². The first-order valence-electron chi connectivity index (χ1n) is 10.5. The van der Waals surface area contributed by atoms with Gasteiger partial charge in [-0.2, -0.15) is 0 Å². The molecule has 1 aliphatic heterocycles. The van der Waals surface area contributed by atoms with Crippen molar-refractivity contribution in [1.29, 1.82) is 0 Å². The molecule has 0 saturated carbocycles. The number of rotatable bonds is 5. The van der Waals surface area contributed by atoms with Gasteiger partial charge >= 0.3 is 0 Å². The van der Waals surface area contributed by atoms with Gasteiger partial charge in [-0.3, -0.25) is 4.79 Å². The average molecular weight is 405 g/mol. The Bertz CT molecular complexity index is 1070. The molecule has 2 N–H and O–H groups in total. The van der Waals surface area contributed by atoms with E-state index in [0.29, 0.717) is 19.0 Å². The molecule has 0 radical (unpaired) electrons. The number of nitrogens with zero attached hydrogens (tertiary/aromatic N) is 2. The van der Waals surface area contributed by atoms with E-state index in [1.54, 1.807) is 0 Å². The van der Waals surface area contributed by atoms with Crippen LogP contribution in [-0.4, -0.2) is 36.4 Å². The molecular weight excluding hydrogens is 376 g/mol. The fraction of sp³-hybridized carbons (Fsp3) is 0.333. The topological polar surface area (TPSA) is 69.9 Å². The molecule has 2 heterocycles. The van der Waals surface area contributed by atoms with Crippen molar-refractivity contribution in [3.63, 3.8) is 0 Å². The Morgan fingerprint density at radius 2 is 1.87 bits per heavy atom. The third kappa shape index (κ3) is 4.32. The standard InChI is InChI=1S/C24H28N4O2/c1-3-25-24(26-14-22-17(2)20-10-6-7-11-21(20)30-22)27-15-23(29)28-13-12-18-8-4-5-9-19(18)16-28/h4-11H,3,12-16H2,1-2H3,(H2,25,26,27). The quantitative estimate of drug-likeness (QED) is 0.505. The summed E-state index contributed by atoms with van der Waals surface area (Å²) in [5.41, 5.74) is 4.57. The first-order valence-corrected chi connectivity index (χ1v) is 10.5. The summed E-state index contributed by atoms with van der Waals surface area (Å²) in [6.07, 6.45) is 0.898. The summed E-state index contributed by atoms with van der Waals surface area (Å²) in [6.45, 7) is 6.82. The van der Waals surface area contributed by atoms with Crippen molar-refractivity contribution >= 4 is 22.8 Å². The first-order chi connectivity index (χ1) is 14.7. The summed E-state index contributed by atoms with van der Waals surface area (Å²) in [5.74, 6) is 1.53. The van der Waals surface area contributed by atoms with Gasteiger partial charge in [0.1, 0.15) is 17.9 Å². The summed E-state index contributed by atoms with van der Waals surface area (Å²) in [4.78, 5) is 19.1. The molecule has 0 atom stereocenters. The summed E-state index contributed by atoms with van der Waals surface area (Å²) in [5, 5.41) is 7.62. The monoisotopic (exact) mass is 404 g/mol. The van der Waals surface area contributed by atoms with Gasteiger partial charge in [0, 0.05) is 30.6 Å². The molecule has 2 aromatic carbocycles. The lowest BCUT2D eigenvalue weighted by atomic mass is 10.00. The number of aliphatic imine (C=N–C) groups is 1. The molecule has 4 rings (SSSR count). The van der Waals surface area contributed by atoms with Gasteiger partial charge < -0.3 is 20.0 Å². The molecule has 6 heteroatoms. The minimum Gasteiger partial charge on any atom is -0.459 e. The van der Waals surface area contributed by atoms with E-state index in [2.05, 4.69) is 46.8 Å². The Balaban J connectivity index is 1.38. The largest absolute Gasteiger partial charge is 0.459 e. The van der Waals surface area contributed by atoms with Crippen LogP contribution in [0.15, 0.2) is 57.9 Å². The lowest BCUT2D eigenvalue weighted by molar-refractivity contribution is -0.130. The molecule has 0 fully saturated rings. The van der Waals surface area contributed by atoms with Crippen LogP contribution >= 0.6 is 0 Å². The van der Waals surface area contributed by atoms with Crippen LogP contribution in [0.5, 0.6) is 0 Å².